The fourth-order valence-corrected chi connectivity index (χ4v) is 3.28. The molecule has 2 rings (SSSR count). The van der Waals surface area contributed by atoms with Gasteiger partial charge in [0.05, 0.1) is 15.3 Å². The first-order chi connectivity index (χ1) is 9.88. The third kappa shape index (κ3) is 4.03. The standard InChI is InChI=1S/C17H16Cl2OS/c1-10-4-5-13(8-11(10)2)17(20)12(3)21-14-6-7-15(18)16(19)9-14/h4-9,12H,1-3H3. The van der Waals surface area contributed by atoms with Crippen LogP contribution in [0.25, 0.3) is 0 Å². The Kier molecular flexibility index (Phi) is 5.37. The number of ketones is 1. The Morgan fingerprint density at radius 1 is 1.00 bits per heavy atom. The highest BCUT2D eigenvalue weighted by Gasteiger charge is 2.17. The van der Waals surface area contributed by atoms with Crippen LogP contribution in [0.1, 0.15) is 28.4 Å². The third-order valence-corrected chi connectivity index (χ3v) is 5.20. The van der Waals surface area contributed by atoms with Gasteiger partial charge in [0, 0.05) is 10.5 Å². The van der Waals surface area contributed by atoms with Gasteiger partial charge in [-0.1, -0.05) is 35.3 Å². The van der Waals surface area contributed by atoms with Crippen molar-refractivity contribution in [3.63, 3.8) is 0 Å². The van der Waals surface area contributed by atoms with Gasteiger partial charge in [0.25, 0.3) is 0 Å². The van der Waals surface area contributed by atoms with Gasteiger partial charge in [-0.2, -0.15) is 0 Å². The second kappa shape index (κ2) is 6.87. The number of aryl methyl sites for hydroxylation is 2. The van der Waals surface area contributed by atoms with Gasteiger partial charge in [-0.15, -0.1) is 11.8 Å². The number of rotatable bonds is 4. The summed E-state index contributed by atoms with van der Waals surface area (Å²) in [5, 5.41) is 0.853. The van der Waals surface area contributed by atoms with Crippen LogP contribution in [0.2, 0.25) is 10.0 Å². The van der Waals surface area contributed by atoms with Crippen LogP contribution in [0, 0.1) is 13.8 Å². The molecule has 0 heterocycles. The van der Waals surface area contributed by atoms with Crippen molar-refractivity contribution in [2.45, 2.75) is 30.9 Å². The molecule has 4 heteroatoms. The molecule has 0 amide bonds. The number of thioether (sulfide) groups is 1. The first kappa shape index (κ1) is 16.4. The molecule has 0 aliphatic rings. The summed E-state index contributed by atoms with van der Waals surface area (Å²) in [4.78, 5) is 13.4. The Balaban J connectivity index is 2.15. The zero-order valence-corrected chi connectivity index (χ0v) is 14.4. The molecular weight excluding hydrogens is 323 g/mol. The van der Waals surface area contributed by atoms with Crippen LogP contribution in [-0.4, -0.2) is 11.0 Å². The first-order valence-corrected chi connectivity index (χ1v) is 8.25. The van der Waals surface area contributed by atoms with Crippen molar-refractivity contribution in [2.24, 2.45) is 0 Å². The van der Waals surface area contributed by atoms with Crippen molar-refractivity contribution >= 4 is 40.7 Å². The van der Waals surface area contributed by atoms with Crippen molar-refractivity contribution in [1.29, 1.82) is 0 Å². The SMILES string of the molecule is Cc1ccc(C(=O)C(C)Sc2ccc(Cl)c(Cl)c2)cc1C. The molecule has 0 N–H and O–H groups in total. The van der Waals surface area contributed by atoms with E-state index in [0.717, 1.165) is 16.0 Å². The predicted octanol–water partition coefficient (Wildman–Crippen LogP) is 5.97. The second-order valence-electron chi connectivity index (χ2n) is 5.00. The molecule has 0 fully saturated rings. The van der Waals surface area contributed by atoms with Gasteiger partial charge in [0.2, 0.25) is 0 Å². The van der Waals surface area contributed by atoms with Crippen molar-refractivity contribution in [3.05, 3.63) is 63.1 Å². The monoisotopic (exact) mass is 338 g/mol. The van der Waals surface area contributed by atoms with Gasteiger partial charge in [0.1, 0.15) is 0 Å². The fraction of sp³-hybridized carbons (Fsp3) is 0.235. The Morgan fingerprint density at radius 2 is 1.71 bits per heavy atom. The van der Waals surface area contributed by atoms with Crippen LogP contribution in [-0.2, 0) is 0 Å². The van der Waals surface area contributed by atoms with Gasteiger partial charge < -0.3 is 0 Å². The minimum absolute atomic E-state index is 0.120. The van der Waals surface area contributed by atoms with E-state index in [9.17, 15) is 4.79 Å². The van der Waals surface area contributed by atoms with E-state index >= 15 is 0 Å². The van der Waals surface area contributed by atoms with E-state index < -0.39 is 0 Å². The van der Waals surface area contributed by atoms with Crippen LogP contribution in [0.5, 0.6) is 0 Å². The number of carbonyl (C=O) groups excluding carboxylic acids is 1. The summed E-state index contributed by atoms with van der Waals surface area (Å²) in [6.07, 6.45) is 0. The van der Waals surface area contributed by atoms with Crippen molar-refractivity contribution < 1.29 is 4.79 Å². The molecule has 0 saturated carbocycles. The first-order valence-electron chi connectivity index (χ1n) is 6.61. The number of hydrogen-bond acceptors (Lipinski definition) is 2. The van der Waals surface area contributed by atoms with Crippen molar-refractivity contribution in [1.82, 2.24) is 0 Å². The highest BCUT2D eigenvalue weighted by Crippen LogP contribution is 2.31. The zero-order chi connectivity index (χ0) is 15.6. The summed E-state index contributed by atoms with van der Waals surface area (Å²) in [7, 11) is 0. The molecule has 21 heavy (non-hydrogen) atoms. The predicted molar refractivity (Wildman–Crippen MR) is 92.0 cm³/mol. The topological polar surface area (TPSA) is 17.1 Å². The van der Waals surface area contributed by atoms with E-state index in [-0.39, 0.29) is 11.0 Å². The summed E-state index contributed by atoms with van der Waals surface area (Å²) in [6, 6.07) is 11.2. The van der Waals surface area contributed by atoms with Gasteiger partial charge in [0.15, 0.2) is 5.78 Å². The maximum atomic E-state index is 12.5. The Bertz CT molecular complexity index is 682. The lowest BCUT2D eigenvalue weighted by Gasteiger charge is -2.12. The molecule has 0 saturated heterocycles. The van der Waals surface area contributed by atoms with Crippen LogP contribution in [0.4, 0.5) is 0 Å². The van der Waals surface area contributed by atoms with Crippen LogP contribution < -0.4 is 0 Å². The maximum absolute atomic E-state index is 12.5. The molecule has 0 spiro atoms. The van der Waals surface area contributed by atoms with E-state index in [1.54, 1.807) is 12.1 Å². The fourth-order valence-electron chi connectivity index (χ4n) is 1.94. The molecule has 0 aliphatic heterocycles. The molecule has 2 aromatic rings. The minimum atomic E-state index is -0.177. The molecule has 1 nitrogen and oxygen atoms in total. The molecule has 0 aliphatic carbocycles. The van der Waals surface area contributed by atoms with Crippen LogP contribution in [0.3, 0.4) is 0 Å². The molecule has 0 bridgehead atoms. The summed E-state index contributed by atoms with van der Waals surface area (Å²) in [5.74, 6) is 0.120. The summed E-state index contributed by atoms with van der Waals surface area (Å²) >= 11 is 13.4. The zero-order valence-electron chi connectivity index (χ0n) is 12.1. The molecule has 1 atom stereocenters. The molecule has 0 aromatic heterocycles. The van der Waals surface area contributed by atoms with E-state index in [4.69, 9.17) is 23.2 Å². The van der Waals surface area contributed by atoms with Gasteiger partial charge >= 0.3 is 0 Å². The van der Waals surface area contributed by atoms with Gasteiger partial charge in [-0.3, -0.25) is 4.79 Å². The number of benzene rings is 2. The molecule has 0 radical (unpaired) electrons. The summed E-state index contributed by atoms with van der Waals surface area (Å²) in [5.41, 5.74) is 3.07. The van der Waals surface area contributed by atoms with E-state index in [1.165, 1.54) is 17.3 Å². The lowest BCUT2D eigenvalue weighted by molar-refractivity contribution is 0.0994. The van der Waals surface area contributed by atoms with Crippen molar-refractivity contribution in [2.75, 3.05) is 0 Å². The second-order valence-corrected chi connectivity index (χ2v) is 7.23. The number of carbonyl (C=O) groups is 1. The van der Waals surface area contributed by atoms with Gasteiger partial charge in [-0.25, -0.2) is 0 Å². The lowest BCUT2D eigenvalue weighted by atomic mass is 10.0. The third-order valence-electron chi connectivity index (χ3n) is 3.36. The van der Waals surface area contributed by atoms with Gasteiger partial charge in [-0.05, 0) is 56.2 Å². The lowest BCUT2D eigenvalue weighted by Crippen LogP contribution is -2.13. The number of Topliss-reactive ketones (excluding diaryl/α,β-unsaturated/α-hetero) is 1. The van der Waals surface area contributed by atoms with Crippen molar-refractivity contribution in [3.8, 4) is 0 Å². The molecule has 1 unspecified atom stereocenters. The average molecular weight is 339 g/mol. The normalized spacial score (nSPS) is 12.2. The van der Waals surface area contributed by atoms with E-state index in [0.29, 0.717) is 10.0 Å². The number of hydrogen-bond donors (Lipinski definition) is 0. The molecule has 110 valence electrons. The number of halogens is 2. The largest absolute Gasteiger partial charge is 0.293 e. The maximum Gasteiger partial charge on any atom is 0.175 e. The highest BCUT2D eigenvalue weighted by molar-refractivity contribution is 8.00. The Hall–Kier alpha value is -0.960. The average Bonchev–Trinajstić information content (AvgIpc) is 2.45. The molecular formula is C17H16Cl2OS. The smallest absolute Gasteiger partial charge is 0.175 e. The van der Waals surface area contributed by atoms with E-state index in [1.807, 2.05) is 45.0 Å². The minimum Gasteiger partial charge on any atom is -0.293 e. The molecule has 2 aromatic carbocycles. The van der Waals surface area contributed by atoms with E-state index in [2.05, 4.69) is 0 Å². The highest BCUT2D eigenvalue weighted by atomic mass is 35.5. The summed E-state index contributed by atoms with van der Waals surface area (Å²) < 4.78 is 0. The van der Waals surface area contributed by atoms with Crippen LogP contribution >= 0.6 is 35.0 Å². The quantitative estimate of drug-likeness (QED) is 0.504. The van der Waals surface area contributed by atoms with Crippen LogP contribution in [0.15, 0.2) is 41.3 Å². The Labute approximate surface area is 139 Å². The summed E-state index contributed by atoms with van der Waals surface area (Å²) in [6.45, 7) is 5.96. The Morgan fingerprint density at radius 3 is 2.33 bits per heavy atom.